The Balaban J connectivity index is 2.64. The van der Waals surface area contributed by atoms with E-state index >= 15 is 0 Å². The average Bonchev–Trinajstić information content (AvgIpc) is 2.64. The van der Waals surface area contributed by atoms with E-state index in [-0.39, 0.29) is 0 Å². The molecule has 1 atom stereocenters. The Kier molecular flexibility index (Phi) is 4.49. The van der Waals surface area contributed by atoms with Gasteiger partial charge in [-0.15, -0.1) is 0 Å². The number of sulfone groups is 1. The fraction of sp³-hybridized carbons (Fsp3) is 0.700. The summed E-state index contributed by atoms with van der Waals surface area (Å²) < 4.78 is 28.0. The monoisotopic (exact) mass is 246 g/mol. The highest BCUT2D eigenvalue weighted by Crippen LogP contribution is 2.21. The standard InChI is InChI=1S/C10H18N2O3S/c1-4-5-11-7-10-12-6-9(15-10)8(2)16(3,13)14/h6,8,11H,4-5,7H2,1-3H3. The zero-order valence-electron chi connectivity index (χ0n) is 9.86. The lowest BCUT2D eigenvalue weighted by molar-refractivity contribution is 0.433. The molecule has 1 unspecified atom stereocenters. The number of hydrogen-bond acceptors (Lipinski definition) is 5. The van der Waals surface area contributed by atoms with Crippen LogP contribution in [-0.4, -0.2) is 26.2 Å². The highest BCUT2D eigenvalue weighted by molar-refractivity contribution is 7.90. The number of rotatable bonds is 6. The average molecular weight is 246 g/mol. The number of oxazole rings is 1. The van der Waals surface area contributed by atoms with Gasteiger partial charge in [0.15, 0.2) is 9.84 Å². The predicted molar refractivity (Wildman–Crippen MR) is 61.8 cm³/mol. The molecular weight excluding hydrogens is 228 g/mol. The second-order valence-electron chi connectivity index (χ2n) is 3.80. The maximum Gasteiger partial charge on any atom is 0.208 e. The minimum absolute atomic E-state index is 0.399. The van der Waals surface area contributed by atoms with Crippen molar-refractivity contribution in [1.82, 2.24) is 10.3 Å². The minimum Gasteiger partial charge on any atom is -0.443 e. The molecule has 1 aromatic rings. The Labute approximate surface area is 96.2 Å². The van der Waals surface area contributed by atoms with Gasteiger partial charge >= 0.3 is 0 Å². The molecule has 0 aliphatic heterocycles. The number of nitrogens with zero attached hydrogens (tertiary/aromatic N) is 1. The van der Waals surface area contributed by atoms with Crippen LogP contribution in [0.4, 0.5) is 0 Å². The Hall–Kier alpha value is -0.880. The van der Waals surface area contributed by atoms with Crippen molar-refractivity contribution in [2.24, 2.45) is 0 Å². The summed E-state index contributed by atoms with van der Waals surface area (Å²) in [4.78, 5) is 4.03. The summed E-state index contributed by atoms with van der Waals surface area (Å²) in [6.45, 7) is 5.09. The molecule has 1 rings (SSSR count). The summed E-state index contributed by atoms with van der Waals surface area (Å²) in [6.07, 6.45) is 3.71. The zero-order chi connectivity index (χ0) is 12.2. The van der Waals surface area contributed by atoms with E-state index < -0.39 is 15.1 Å². The first-order valence-corrected chi connectivity index (χ1v) is 7.24. The Morgan fingerprint density at radius 1 is 1.56 bits per heavy atom. The summed E-state index contributed by atoms with van der Waals surface area (Å²) in [5, 5.41) is 2.50. The first-order valence-electron chi connectivity index (χ1n) is 5.29. The summed E-state index contributed by atoms with van der Waals surface area (Å²) in [5.41, 5.74) is 0. The van der Waals surface area contributed by atoms with E-state index in [1.807, 2.05) is 0 Å². The number of nitrogens with one attached hydrogen (secondary N) is 1. The molecule has 0 aliphatic rings. The third-order valence-corrected chi connectivity index (χ3v) is 3.83. The van der Waals surface area contributed by atoms with E-state index in [1.54, 1.807) is 6.92 Å². The van der Waals surface area contributed by atoms with Crippen molar-refractivity contribution >= 4 is 9.84 Å². The van der Waals surface area contributed by atoms with E-state index in [9.17, 15) is 8.42 Å². The second kappa shape index (κ2) is 5.45. The SMILES string of the molecule is CCCNCc1ncc(C(C)S(C)(=O)=O)o1. The van der Waals surface area contributed by atoms with Crippen LogP contribution in [0.3, 0.4) is 0 Å². The number of aromatic nitrogens is 1. The van der Waals surface area contributed by atoms with Crippen LogP contribution < -0.4 is 5.32 Å². The largest absolute Gasteiger partial charge is 0.443 e. The molecule has 0 aliphatic carbocycles. The molecule has 1 aromatic heterocycles. The lowest BCUT2D eigenvalue weighted by Gasteiger charge is -2.04. The normalized spacial score (nSPS) is 13.9. The molecular formula is C10H18N2O3S. The van der Waals surface area contributed by atoms with E-state index in [4.69, 9.17) is 4.42 Å². The van der Waals surface area contributed by atoms with Crippen molar-refractivity contribution in [3.63, 3.8) is 0 Å². The van der Waals surface area contributed by atoms with Crippen LogP contribution in [0, 0.1) is 0 Å². The van der Waals surface area contributed by atoms with Crippen molar-refractivity contribution < 1.29 is 12.8 Å². The van der Waals surface area contributed by atoms with Gasteiger partial charge in [0, 0.05) is 6.26 Å². The minimum atomic E-state index is -3.12. The van der Waals surface area contributed by atoms with Gasteiger partial charge in [-0.2, -0.15) is 0 Å². The first kappa shape index (κ1) is 13.2. The molecule has 0 fully saturated rings. The van der Waals surface area contributed by atoms with Crippen LogP contribution >= 0.6 is 0 Å². The van der Waals surface area contributed by atoms with Gasteiger partial charge in [0.2, 0.25) is 5.89 Å². The van der Waals surface area contributed by atoms with E-state index in [1.165, 1.54) is 12.5 Å². The molecule has 6 heteroatoms. The maximum absolute atomic E-state index is 11.3. The molecule has 5 nitrogen and oxygen atoms in total. The smallest absolute Gasteiger partial charge is 0.208 e. The molecule has 0 amide bonds. The molecule has 16 heavy (non-hydrogen) atoms. The third-order valence-electron chi connectivity index (χ3n) is 2.32. The van der Waals surface area contributed by atoms with Gasteiger partial charge in [0.05, 0.1) is 12.7 Å². The van der Waals surface area contributed by atoms with Crippen LogP contribution in [-0.2, 0) is 16.4 Å². The number of hydrogen-bond donors (Lipinski definition) is 1. The van der Waals surface area contributed by atoms with Gasteiger partial charge in [-0.25, -0.2) is 13.4 Å². The highest BCUT2D eigenvalue weighted by atomic mass is 32.2. The fourth-order valence-electron chi connectivity index (χ4n) is 1.18. The molecule has 0 bridgehead atoms. The molecule has 1 N–H and O–H groups in total. The Morgan fingerprint density at radius 3 is 2.81 bits per heavy atom. The van der Waals surface area contributed by atoms with Crippen molar-refractivity contribution in [3.8, 4) is 0 Å². The van der Waals surface area contributed by atoms with Gasteiger partial charge < -0.3 is 9.73 Å². The molecule has 0 saturated heterocycles. The van der Waals surface area contributed by atoms with Crippen molar-refractivity contribution in [2.45, 2.75) is 32.1 Å². The van der Waals surface area contributed by atoms with Crippen LogP contribution in [0.1, 0.15) is 37.2 Å². The maximum atomic E-state index is 11.3. The van der Waals surface area contributed by atoms with E-state index in [2.05, 4.69) is 17.2 Å². The van der Waals surface area contributed by atoms with Crippen molar-refractivity contribution in [2.75, 3.05) is 12.8 Å². The Morgan fingerprint density at radius 2 is 2.25 bits per heavy atom. The molecule has 0 radical (unpaired) electrons. The van der Waals surface area contributed by atoms with Gasteiger partial charge in [0.1, 0.15) is 11.0 Å². The quantitative estimate of drug-likeness (QED) is 0.765. The third kappa shape index (κ3) is 3.61. The summed E-state index contributed by atoms with van der Waals surface area (Å²) in [6, 6.07) is 0. The van der Waals surface area contributed by atoms with Gasteiger partial charge in [-0.05, 0) is 19.9 Å². The van der Waals surface area contributed by atoms with Crippen LogP contribution in [0.15, 0.2) is 10.6 Å². The Bertz CT molecular complexity index is 425. The molecule has 0 spiro atoms. The van der Waals surface area contributed by atoms with Crippen LogP contribution in [0.25, 0.3) is 0 Å². The summed E-state index contributed by atoms with van der Waals surface area (Å²) >= 11 is 0. The van der Waals surface area contributed by atoms with E-state index in [0.29, 0.717) is 18.2 Å². The lowest BCUT2D eigenvalue weighted by atomic mass is 10.4. The fourth-order valence-corrected chi connectivity index (χ4v) is 1.71. The summed E-state index contributed by atoms with van der Waals surface area (Å²) in [7, 11) is -3.12. The van der Waals surface area contributed by atoms with Crippen molar-refractivity contribution in [1.29, 1.82) is 0 Å². The van der Waals surface area contributed by atoms with Crippen LogP contribution in [0.2, 0.25) is 0 Å². The molecule has 1 heterocycles. The highest BCUT2D eigenvalue weighted by Gasteiger charge is 2.21. The van der Waals surface area contributed by atoms with Gasteiger partial charge in [0.25, 0.3) is 0 Å². The topological polar surface area (TPSA) is 72.2 Å². The van der Waals surface area contributed by atoms with E-state index in [0.717, 1.165) is 13.0 Å². The first-order chi connectivity index (χ1) is 7.45. The van der Waals surface area contributed by atoms with Crippen molar-refractivity contribution in [3.05, 3.63) is 17.8 Å². The lowest BCUT2D eigenvalue weighted by Crippen LogP contribution is -2.13. The molecule has 0 saturated carbocycles. The predicted octanol–water partition coefficient (Wildman–Crippen LogP) is 1.28. The van der Waals surface area contributed by atoms with Gasteiger partial charge in [-0.3, -0.25) is 0 Å². The molecule has 92 valence electrons. The zero-order valence-corrected chi connectivity index (χ0v) is 10.7. The summed E-state index contributed by atoms with van der Waals surface area (Å²) in [5.74, 6) is 0.926. The molecule has 0 aromatic carbocycles. The van der Waals surface area contributed by atoms with Crippen LogP contribution in [0.5, 0.6) is 0 Å². The van der Waals surface area contributed by atoms with Gasteiger partial charge in [-0.1, -0.05) is 6.92 Å². The second-order valence-corrected chi connectivity index (χ2v) is 6.17.